The summed E-state index contributed by atoms with van der Waals surface area (Å²) in [6.07, 6.45) is 3.04. The zero-order valence-corrected chi connectivity index (χ0v) is 8.95. The molecule has 2 N–H and O–H groups in total. The maximum Gasteiger partial charge on any atom is 0.167 e. The molecular weight excluding hydrogens is 184 g/mol. The van der Waals surface area contributed by atoms with Gasteiger partial charge in [0.25, 0.3) is 0 Å². The summed E-state index contributed by atoms with van der Waals surface area (Å²) in [6.45, 7) is 0.0312. The van der Waals surface area contributed by atoms with E-state index in [0.29, 0.717) is 32.1 Å². The van der Waals surface area contributed by atoms with Crippen LogP contribution in [0.3, 0.4) is 0 Å². The van der Waals surface area contributed by atoms with Crippen LogP contribution in [-0.4, -0.2) is 42.4 Å². The number of ether oxygens (including phenoxy) is 2. The van der Waals surface area contributed by atoms with Gasteiger partial charge in [-0.1, -0.05) is 0 Å². The van der Waals surface area contributed by atoms with Gasteiger partial charge in [0.2, 0.25) is 0 Å². The predicted octanol–water partition coefficient (Wildman–Crippen LogP) is 0.663. The fourth-order valence-electron chi connectivity index (χ4n) is 2.05. The quantitative estimate of drug-likeness (QED) is 0.661. The molecule has 0 aromatic heterocycles. The number of hydrogen-bond acceptors (Lipinski definition) is 4. The molecule has 1 aliphatic rings. The minimum Gasteiger partial charge on any atom is -0.396 e. The van der Waals surface area contributed by atoms with E-state index in [9.17, 15) is 5.11 Å². The van der Waals surface area contributed by atoms with Crippen LogP contribution in [0.15, 0.2) is 0 Å². The van der Waals surface area contributed by atoms with Gasteiger partial charge in [-0.3, -0.25) is 0 Å². The Morgan fingerprint density at radius 1 is 1.07 bits per heavy atom. The number of hydrogen-bond donors (Lipinski definition) is 2. The van der Waals surface area contributed by atoms with Crippen molar-refractivity contribution in [2.45, 2.75) is 43.5 Å². The lowest BCUT2D eigenvalue weighted by Gasteiger charge is -2.42. The third kappa shape index (κ3) is 2.45. The zero-order chi connectivity index (χ0) is 10.7. The molecule has 0 heterocycles. The molecule has 0 saturated heterocycles. The molecule has 0 atom stereocenters. The van der Waals surface area contributed by atoms with E-state index >= 15 is 0 Å². The maximum absolute atomic E-state index is 10.0. The summed E-state index contributed by atoms with van der Waals surface area (Å²) in [6, 6.07) is 0. The highest BCUT2D eigenvalue weighted by atomic mass is 16.7. The van der Waals surface area contributed by atoms with Crippen LogP contribution >= 0.6 is 0 Å². The second-order valence-electron chi connectivity index (χ2n) is 4.02. The van der Waals surface area contributed by atoms with Crippen LogP contribution < -0.4 is 0 Å². The van der Waals surface area contributed by atoms with Gasteiger partial charge < -0.3 is 19.7 Å². The first-order chi connectivity index (χ1) is 6.60. The largest absolute Gasteiger partial charge is 0.396 e. The average molecular weight is 204 g/mol. The smallest absolute Gasteiger partial charge is 0.167 e. The third-order valence-corrected chi connectivity index (χ3v) is 3.26. The van der Waals surface area contributed by atoms with Crippen LogP contribution in [0.4, 0.5) is 0 Å². The summed E-state index contributed by atoms with van der Waals surface area (Å²) in [4.78, 5) is 0. The van der Waals surface area contributed by atoms with Gasteiger partial charge in [0.05, 0.1) is 5.60 Å². The molecule has 1 rings (SSSR count). The van der Waals surface area contributed by atoms with Crippen molar-refractivity contribution in [3.63, 3.8) is 0 Å². The highest BCUT2D eigenvalue weighted by molar-refractivity contribution is 4.89. The molecular formula is C10H20O4. The molecule has 0 radical (unpaired) electrons. The monoisotopic (exact) mass is 204 g/mol. The minimum absolute atomic E-state index is 0.0312. The molecule has 0 amide bonds. The fraction of sp³-hybridized carbons (Fsp3) is 1.00. The van der Waals surface area contributed by atoms with Crippen molar-refractivity contribution in [3.05, 3.63) is 0 Å². The number of methoxy groups -OCH3 is 2. The second kappa shape index (κ2) is 4.57. The Labute approximate surface area is 84.8 Å². The molecule has 0 aromatic carbocycles. The summed E-state index contributed by atoms with van der Waals surface area (Å²) < 4.78 is 10.6. The van der Waals surface area contributed by atoms with Gasteiger partial charge >= 0.3 is 0 Å². The van der Waals surface area contributed by atoms with Crippen molar-refractivity contribution in [2.75, 3.05) is 20.8 Å². The molecule has 84 valence electrons. The van der Waals surface area contributed by atoms with Gasteiger partial charge in [0, 0.05) is 33.7 Å². The van der Waals surface area contributed by atoms with Crippen molar-refractivity contribution in [1.82, 2.24) is 0 Å². The molecule has 1 fully saturated rings. The molecule has 14 heavy (non-hydrogen) atoms. The Balaban J connectivity index is 2.51. The SMILES string of the molecule is COC1(OC)CCC(O)(CCO)CC1. The van der Waals surface area contributed by atoms with Gasteiger partial charge in [-0.05, 0) is 19.3 Å². The zero-order valence-electron chi connectivity index (χ0n) is 8.95. The molecule has 0 unspecified atom stereocenters. The van der Waals surface area contributed by atoms with Crippen LogP contribution in [0.5, 0.6) is 0 Å². The predicted molar refractivity (Wildman–Crippen MR) is 51.9 cm³/mol. The van der Waals surface area contributed by atoms with E-state index in [1.165, 1.54) is 0 Å². The number of rotatable bonds is 4. The first-order valence-electron chi connectivity index (χ1n) is 5.03. The van der Waals surface area contributed by atoms with Crippen molar-refractivity contribution in [3.8, 4) is 0 Å². The molecule has 0 aromatic rings. The lowest BCUT2D eigenvalue weighted by atomic mass is 9.79. The Morgan fingerprint density at radius 3 is 1.93 bits per heavy atom. The Hall–Kier alpha value is -0.160. The van der Waals surface area contributed by atoms with Crippen LogP contribution in [0.25, 0.3) is 0 Å². The van der Waals surface area contributed by atoms with Crippen LogP contribution in [-0.2, 0) is 9.47 Å². The van der Waals surface area contributed by atoms with Crippen molar-refractivity contribution < 1.29 is 19.7 Å². The molecule has 0 bridgehead atoms. The van der Waals surface area contributed by atoms with Crippen molar-refractivity contribution in [1.29, 1.82) is 0 Å². The highest BCUT2D eigenvalue weighted by Gasteiger charge is 2.41. The Bertz CT molecular complexity index is 167. The van der Waals surface area contributed by atoms with E-state index in [4.69, 9.17) is 14.6 Å². The normalized spacial score (nSPS) is 24.9. The average Bonchev–Trinajstić information content (AvgIpc) is 2.20. The van der Waals surface area contributed by atoms with Gasteiger partial charge in [0.15, 0.2) is 5.79 Å². The fourth-order valence-corrected chi connectivity index (χ4v) is 2.05. The topological polar surface area (TPSA) is 58.9 Å². The number of aliphatic hydroxyl groups excluding tert-OH is 1. The van der Waals surface area contributed by atoms with Gasteiger partial charge in [-0.25, -0.2) is 0 Å². The van der Waals surface area contributed by atoms with E-state index < -0.39 is 11.4 Å². The van der Waals surface area contributed by atoms with Gasteiger partial charge in [-0.2, -0.15) is 0 Å². The highest BCUT2D eigenvalue weighted by Crippen LogP contribution is 2.38. The molecule has 1 aliphatic carbocycles. The maximum atomic E-state index is 10.0. The van der Waals surface area contributed by atoms with Gasteiger partial charge in [-0.15, -0.1) is 0 Å². The van der Waals surface area contributed by atoms with Gasteiger partial charge in [0.1, 0.15) is 0 Å². The summed E-state index contributed by atoms with van der Waals surface area (Å²) in [5.41, 5.74) is -0.727. The van der Waals surface area contributed by atoms with Crippen molar-refractivity contribution in [2.24, 2.45) is 0 Å². The molecule has 0 aliphatic heterocycles. The second-order valence-corrected chi connectivity index (χ2v) is 4.02. The molecule has 4 nitrogen and oxygen atoms in total. The molecule has 4 heteroatoms. The lowest BCUT2D eigenvalue weighted by Crippen LogP contribution is -2.45. The van der Waals surface area contributed by atoms with Crippen molar-refractivity contribution >= 4 is 0 Å². The third-order valence-electron chi connectivity index (χ3n) is 3.26. The van der Waals surface area contributed by atoms with E-state index in [2.05, 4.69) is 0 Å². The molecule has 1 saturated carbocycles. The van der Waals surface area contributed by atoms with Crippen LogP contribution in [0.2, 0.25) is 0 Å². The summed E-state index contributed by atoms with van der Waals surface area (Å²) >= 11 is 0. The minimum atomic E-state index is -0.727. The Kier molecular flexibility index (Phi) is 3.89. The van der Waals surface area contributed by atoms with Crippen LogP contribution in [0.1, 0.15) is 32.1 Å². The standard InChI is InChI=1S/C10H20O4/c1-13-10(14-2)5-3-9(12,4-6-10)7-8-11/h11-12H,3-8H2,1-2H3. The van der Waals surface area contributed by atoms with E-state index in [1.54, 1.807) is 14.2 Å². The Morgan fingerprint density at radius 2 is 1.57 bits per heavy atom. The number of aliphatic hydroxyl groups is 2. The summed E-state index contributed by atoms with van der Waals surface area (Å²) in [5, 5.41) is 18.8. The summed E-state index contributed by atoms with van der Waals surface area (Å²) in [7, 11) is 3.25. The first kappa shape index (κ1) is 11.9. The molecule has 0 spiro atoms. The van der Waals surface area contributed by atoms with E-state index in [0.717, 1.165) is 0 Å². The first-order valence-corrected chi connectivity index (χ1v) is 5.03. The van der Waals surface area contributed by atoms with E-state index in [-0.39, 0.29) is 6.61 Å². The lowest BCUT2D eigenvalue weighted by molar-refractivity contribution is -0.242. The summed E-state index contributed by atoms with van der Waals surface area (Å²) in [5.74, 6) is -0.526. The van der Waals surface area contributed by atoms with Crippen LogP contribution in [0, 0.1) is 0 Å². The van der Waals surface area contributed by atoms with E-state index in [1.807, 2.05) is 0 Å².